The van der Waals surface area contributed by atoms with Crippen LogP contribution in [0, 0.1) is 0 Å². The first-order chi connectivity index (χ1) is 13.5. The third-order valence-electron chi connectivity index (χ3n) is 6.38. The summed E-state index contributed by atoms with van der Waals surface area (Å²) in [5, 5.41) is 5.77. The van der Waals surface area contributed by atoms with E-state index in [4.69, 9.17) is 0 Å². The van der Waals surface area contributed by atoms with Crippen LogP contribution in [0.4, 0.5) is 5.69 Å². The predicted molar refractivity (Wildman–Crippen MR) is 99.9 cm³/mol. The van der Waals surface area contributed by atoms with E-state index in [1.807, 2.05) is 6.07 Å². The van der Waals surface area contributed by atoms with E-state index in [0.717, 1.165) is 42.9 Å². The van der Waals surface area contributed by atoms with Crippen molar-refractivity contribution in [1.29, 1.82) is 0 Å². The zero-order chi connectivity index (χ0) is 19.4. The molecule has 5 rings (SSSR count). The van der Waals surface area contributed by atoms with Gasteiger partial charge in [-0.15, -0.1) is 0 Å². The van der Waals surface area contributed by atoms with Gasteiger partial charge in [0, 0.05) is 30.7 Å². The Morgan fingerprint density at radius 2 is 1.79 bits per heavy atom. The number of hydrogen-bond acceptors (Lipinski definition) is 6. The summed E-state index contributed by atoms with van der Waals surface area (Å²) in [6, 6.07) is 5.35. The summed E-state index contributed by atoms with van der Waals surface area (Å²) < 4.78 is 0. The van der Waals surface area contributed by atoms with Crippen LogP contribution in [0.3, 0.4) is 0 Å². The molecule has 4 heterocycles. The van der Waals surface area contributed by atoms with Crippen molar-refractivity contribution >= 4 is 29.3 Å². The first kappa shape index (κ1) is 17.4. The van der Waals surface area contributed by atoms with Gasteiger partial charge in [0.15, 0.2) is 0 Å². The van der Waals surface area contributed by atoms with E-state index in [-0.39, 0.29) is 18.7 Å². The van der Waals surface area contributed by atoms with Gasteiger partial charge in [0.1, 0.15) is 6.04 Å². The molecule has 1 aromatic carbocycles. The molecular weight excluding hydrogens is 360 g/mol. The lowest BCUT2D eigenvalue weighted by atomic mass is 9.96. The number of hydrogen-bond donors (Lipinski definition) is 2. The van der Waals surface area contributed by atoms with Crippen molar-refractivity contribution in [2.45, 2.75) is 50.2 Å². The number of carbonyl (C=O) groups is 4. The van der Waals surface area contributed by atoms with E-state index in [1.165, 1.54) is 0 Å². The molecule has 1 unspecified atom stereocenters. The number of rotatable bonds is 2. The molecule has 2 N–H and O–H groups in total. The van der Waals surface area contributed by atoms with Gasteiger partial charge in [0.25, 0.3) is 11.8 Å². The quantitative estimate of drug-likeness (QED) is 0.720. The summed E-state index contributed by atoms with van der Waals surface area (Å²) in [7, 11) is 0. The average Bonchev–Trinajstić information content (AvgIpc) is 3.26. The molecule has 0 aliphatic carbocycles. The topological polar surface area (TPSA) is 98.8 Å². The van der Waals surface area contributed by atoms with Gasteiger partial charge in [0.2, 0.25) is 11.8 Å². The van der Waals surface area contributed by atoms with Crippen molar-refractivity contribution in [3.05, 3.63) is 29.3 Å². The van der Waals surface area contributed by atoms with E-state index in [1.54, 1.807) is 12.1 Å². The lowest BCUT2D eigenvalue weighted by Gasteiger charge is -2.39. The summed E-state index contributed by atoms with van der Waals surface area (Å²) >= 11 is 0. The summed E-state index contributed by atoms with van der Waals surface area (Å²) in [5.41, 5.74) is 1.63. The Labute approximate surface area is 162 Å². The smallest absolute Gasteiger partial charge is 0.262 e. The fourth-order valence-electron chi connectivity index (χ4n) is 5.03. The average molecular weight is 382 g/mol. The van der Waals surface area contributed by atoms with Crippen LogP contribution in [0.25, 0.3) is 0 Å². The number of nitrogens with one attached hydrogen (secondary N) is 2. The predicted octanol–water partition coefficient (Wildman–Crippen LogP) is 0.419. The number of anilines is 1. The highest BCUT2D eigenvalue weighted by Gasteiger charge is 2.45. The Hall–Kier alpha value is -2.74. The molecule has 3 fully saturated rings. The minimum Gasteiger partial charge on any atom is -0.367 e. The molecule has 0 spiro atoms. The van der Waals surface area contributed by atoms with Gasteiger partial charge < -0.3 is 10.2 Å². The number of fused-ring (bicyclic) bond motifs is 2. The van der Waals surface area contributed by atoms with Gasteiger partial charge in [-0.05, 0) is 50.4 Å². The molecule has 0 saturated carbocycles. The SMILES string of the molecule is O=C1CCC(N2C(=O)c3ccc(N4CCC[C@@H]5NCC[C@@H]54)cc3C2=O)C(=O)N1. The second-order valence-electron chi connectivity index (χ2n) is 7.93. The van der Waals surface area contributed by atoms with Crippen LogP contribution in [0.2, 0.25) is 0 Å². The Kier molecular flexibility index (Phi) is 3.97. The summed E-state index contributed by atoms with van der Waals surface area (Å²) in [6.45, 7) is 1.93. The molecule has 146 valence electrons. The van der Waals surface area contributed by atoms with Gasteiger partial charge in [0.05, 0.1) is 11.1 Å². The van der Waals surface area contributed by atoms with Crippen LogP contribution in [0.15, 0.2) is 18.2 Å². The molecule has 4 aliphatic heterocycles. The number of benzene rings is 1. The van der Waals surface area contributed by atoms with Crippen LogP contribution in [-0.4, -0.2) is 59.7 Å². The number of imide groups is 2. The highest BCUT2D eigenvalue weighted by Crippen LogP contribution is 2.34. The monoisotopic (exact) mass is 382 g/mol. The molecular formula is C20H22N4O4. The highest BCUT2D eigenvalue weighted by molar-refractivity contribution is 6.23. The third kappa shape index (κ3) is 2.55. The van der Waals surface area contributed by atoms with E-state index in [9.17, 15) is 19.2 Å². The molecule has 8 heteroatoms. The second-order valence-corrected chi connectivity index (χ2v) is 7.93. The van der Waals surface area contributed by atoms with E-state index >= 15 is 0 Å². The number of carbonyl (C=O) groups excluding carboxylic acids is 4. The fourth-order valence-corrected chi connectivity index (χ4v) is 5.03. The lowest BCUT2D eigenvalue weighted by molar-refractivity contribution is -0.136. The Bertz CT molecular complexity index is 898. The maximum Gasteiger partial charge on any atom is 0.262 e. The fraction of sp³-hybridized carbons (Fsp3) is 0.500. The maximum atomic E-state index is 13.0. The van der Waals surface area contributed by atoms with Crippen molar-refractivity contribution in [1.82, 2.24) is 15.5 Å². The standard InChI is InChI=1S/C20H22N4O4/c25-17-6-5-16(18(26)22-17)24-19(27)12-4-3-11(10-13(12)20(24)28)23-9-1-2-14-15(23)7-8-21-14/h3-4,10,14-16,21H,1-2,5-9H2,(H,22,25,26)/t14-,15-,16?/m0/s1. The molecule has 0 aromatic heterocycles. The zero-order valence-corrected chi connectivity index (χ0v) is 15.4. The van der Waals surface area contributed by atoms with Crippen molar-refractivity contribution in [3.63, 3.8) is 0 Å². The number of piperidine rings is 2. The van der Waals surface area contributed by atoms with Crippen LogP contribution in [-0.2, 0) is 9.59 Å². The Morgan fingerprint density at radius 3 is 2.61 bits per heavy atom. The number of amides is 4. The van der Waals surface area contributed by atoms with Crippen molar-refractivity contribution < 1.29 is 19.2 Å². The minimum absolute atomic E-state index is 0.124. The third-order valence-corrected chi connectivity index (χ3v) is 6.38. The van der Waals surface area contributed by atoms with Gasteiger partial charge in [-0.3, -0.25) is 29.4 Å². The van der Waals surface area contributed by atoms with Crippen LogP contribution < -0.4 is 15.5 Å². The molecule has 0 radical (unpaired) electrons. The molecule has 4 amide bonds. The molecule has 3 atom stereocenters. The van der Waals surface area contributed by atoms with E-state index < -0.39 is 23.8 Å². The van der Waals surface area contributed by atoms with Crippen molar-refractivity contribution in [2.24, 2.45) is 0 Å². The molecule has 3 saturated heterocycles. The minimum atomic E-state index is -0.924. The van der Waals surface area contributed by atoms with Crippen LogP contribution in [0.5, 0.6) is 0 Å². The van der Waals surface area contributed by atoms with Gasteiger partial charge in [-0.1, -0.05) is 0 Å². The van der Waals surface area contributed by atoms with Crippen molar-refractivity contribution in [3.8, 4) is 0 Å². The number of nitrogens with zero attached hydrogens (tertiary/aromatic N) is 2. The van der Waals surface area contributed by atoms with Crippen molar-refractivity contribution in [2.75, 3.05) is 18.0 Å². The lowest BCUT2D eigenvalue weighted by Crippen LogP contribution is -2.54. The van der Waals surface area contributed by atoms with E-state index in [2.05, 4.69) is 15.5 Å². The Morgan fingerprint density at radius 1 is 0.964 bits per heavy atom. The van der Waals surface area contributed by atoms with Gasteiger partial charge in [-0.25, -0.2) is 0 Å². The first-order valence-electron chi connectivity index (χ1n) is 9.90. The molecule has 0 bridgehead atoms. The molecule has 28 heavy (non-hydrogen) atoms. The summed E-state index contributed by atoms with van der Waals surface area (Å²) in [5.74, 6) is -1.86. The summed E-state index contributed by atoms with van der Waals surface area (Å²) in [6.07, 6.45) is 3.60. The molecule has 4 aliphatic rings. The normalized spacial score (nSPS) is 29.8. The molecule has 1 aromatic rings. The zero-order valence-electron chi connectivity index (χ0n) is 15.4. The first-order valence-corrected chi connectivity index (χ1v) is 9.90. The highest BCUT2D eigenvalue weighted by atomic mass is 16.2. The second kappa shape index (κ2) is 6.41. The summed E-state index contributed by atoms with van der Waals surface area (Å²) in [4.78, 5) is 52.8. The Balaban J connectivity index is 1.45. The van der Waals surface area contributed by atoms with E-state index in [0.29, 0.717) is 23.2 Å². The maximum absolute atomic E-state index is 13.0. The van der Waals surface area contributed by atoms with Gasteiger partial charge >= 0.3 is 0 Å². The van der Waals surface area contributed by atoms with Crippen LogP contribution >= 0.6 is 0 Å². The largest absolute Gasteiger partial charge is 0.367 e. The van der Waals surface area contributed by atoms with Crippen LogP contribution in [0.1, 0.15) is 52.8 Å². The molecule has 8 nitrogen and oxygen atoms in total. The van der Waals surface area contributed by atoms with Gasteiger partial charge in [-0.2, -0.15) is 0 Å².